The van der Waals surface area contributed by atoms with Crippen LogP contribution in [-0.2, 0) is 4.79 Å². The topological polar surface area (TPSA) is 83.6 Å². The number of nitrogen functional groups attached to an aromatic ring is 1. The molecule has 0 saturated carbocycles. The Bertz CT molecular complexity index is 512. The lowest BCUT2D eigenvalue weighted by atomic mass is 10.0. The molecule has 1 aliphatic rings. The first-order valence-corrected chi connectivity index (χ1v) is 6.79. The molecular weight excluding hydrogens is 312 g/mol. The summed E-state index contributed by atoms with van der Waals surface area (Å²) >= 11 is 3.30. The first-order valence-electron chi connectivity index (χ1n) is 6.00. The van der Waals surface area contributed by atoms with Gasteiger partial charge in [0.25, 0.3) is 5.91 Å². The Morgan fingerprint density at radius 2 is 2.11 bits per heavy atom. The van der Waals surface area contributed by atoms with Crippen molar-refractivity contribution in [1.82, 2.24) is 4.90 Å². The summed E-state index contributed by atoms with van der Waals surface area (Å²) in [7, 11) is 0. The number of aliphatic carboxylic acids is 1. The maximum absolute atomic E-state index is 12.4. The van der Waals surface area contributed by atoms with Crippen molar-refractivity contribution in [3.05, 3.63) is 28.2 Å². The minimum atomic E-state index is -0.850. The SMILES string of the molecule is CC1C(C(=O)O)CCN1C(=O)c1cc(N)cc(Br)c1. The Labute approximate surface area is 119 Å². The van der Waals surface area contributed by atoms with Crippen LogP contribution in [0.25, 0.3) is 0 Å². The summed E-state index contributed by atoms with van der Waals surface area (Å²) < 4.78 is 0.734. The molecule has 3 N–H and O–H groups in total. The van der Waals surface area contributed by atoms with Crippen molar-refractivity contribution in [3.8, 4) is 0 Å². The maximum atomic E-state index is 12.4. The van der Waals surface area contributed by atoms with E-state index in [1.165, 1.54) is 0 Å². The van der Waals surface area contributed by atoms with Crippen molar-refractivity contribution in [3.63, 3.8) is 0 Å². The number of likely N-dealkylation sites (tertiary alicyclic amines) is 1. The summed E-state index contributed by atoms with van der Waals surface area (Å²) in [5.74, 6) is -1.52. The van der Waals surface area contributed by atoms with Crippen LogP contribution < -0.4 is 5.73 Å². The highest BCUT2D eigenvalue weighted by molar-refractivity contribution is 9.10. The monoisotopic (exact) mass is 326 g/mol. The zero-order valence-corrected chi connectivity index (χ0v) is 12.1. The molecule has 0 aliphatic carbocycles. The summed E-state index contributed by atoms with van der Waals surface area (Å²) in [6.45, 7) is 2.23. The molecule has 6 heteroatoms. The van der Waals surface area contributed by atoms with Gasteiger partial charge in [-0.3, -0.25) is 9.59 Å². The standard InChI is InChI=1S/C13H15BrN2O3/c1-7-11(13(18)19)2-3-16(7)12(17)8-4-9(14)6-10(15)5-8/h4-7,11H,2-3,15H2,1H3,(H,18,19). The molecule has 0 aromatic heterocycles. The van der Waals surface area contributed by atoms with E-state index in [0.29, 0.717) is 24.2 Å². The van der Waals surface area contributed by atoms with Crippen molar-refractivity contribution in [1.29, 1.82) is 0 Å². The number of amides is 1. The van der Waals surface area contributed by atoms with E-state index in [1.807, 2.05) is 0 Å². The van der Waals surface area contributed by atoms with Gasteiger partial charge in [-0.25, -0.2) is 0 Å². The van der Waals surface area contributed by atoms with E-state index in [-0.39, 0.29) is 11.9 Å². The number of hydrogen-bond acceptors (Lipinski definition) is 3. The minimum absolute atomic E-state index is 0.177. The Morgan fingerprint density at radius 3 is 2.63 bits per heavy atom. The normalized spacial score (nSPS) is 22.5. The Kier molecular flexibility index (Phi) is 3.80. The summed E-state index contributed by atoms with van der Waals surface area (Å²) in [6, 6.07) is 4.71. The summed E-state index contributed by atoms with van der Waals surface area (Å²) in [5.41, 5.74) is 6.69. The molecule has 0 spiro atoms. The molecule has 2 unspecified atom stereocenters. The molecule has 5 nitrogen and oxygen atoms in total. The largest absolute Gasteiger partial charge is 0.481 e. The van der Waals surface area contributed by atoms with Crippen LogP contribution in [-0.4, -0.2) is 34.5 Å². The molecule has 1 aliphatic heterocycles. The van der Waals surface area contributed by atoms with Gasteiger partial charge in [0.15, 0.2) is 0 Å². The van der Waals surface area contributed by atoms with Gasteiger partial charge in [-0.05, 0) is 31.5 Å². The Hall–Kier alpha value is -1.56. The number of benzene rings is 1. The van der Waals surface area contributed by atoms with Crippen LogP contribution in [0.4, 0.5) is 5.69 Å². The van der Waals surface area contributed by atoms with Gasteiger partial charge in [-0.15, -0.1) is 0 Å². The number of halogens is 1. The van der Waals surface area contributed by atoms with Crippen LogP contribution in [0.1, 0.15) is 23.7 Å². The molecule has 0 bridgehead atoms. The van der Waals surface area contributed by atoms with Gasteiger partial charge in [0.2, 0.25) is 0 Å². The van der Waals surface area contributed by atoms with Crippen LogP contribution in [0, 0.1) is 5.92 Å². The van der Waals surface area contributed by atoms with E-state index >= 15 is 0 Å². The van der Waals surface area contributed by atoms with Crippen LogP contribution in [0.15, 0.2) is 22.7 Å². The van der Waals surface area contributed by atoms with Gasteiger partial charge in [-0.2, -0.15) is 0 Å². The lowest BCUT2D eigenvalue weighted by Crippen LogP contribution is -2.37. The van der Waals surface area contributed by atoms with E-state index < -0.39 is 11.9 Å². The third-order valence-electron chi connectivity index (χ3n) is 3.50. The average molecular weight is 327 g/mol. The zero-order chi connectivity index (χ0) is 14.2. The molecule has 1 amide bonds. The highest BCUT2D eigenvalue weighted by Gasteiger charge is 2.38. The van der Waals surface area contributed by atoms with Gasteiger partial charge >= 0.3 is 5.97 Å². The van der Waals surface area contributed by atoms with E-state index in [1.54, 1.807) is 30.0 Å². The third-order valence-corrected chi connectivity index (χ3v) is 3.96. The highest BCUT2D eigenvalue weighted by atomic mass is 79.9. The molecule has 102 valence electrons. The van der Waals surface area contributed by atoms with Crippen molar-refractivity contribution in [2.75, 3.05) is 12.3 Å². The second kappa shape index (κ2) is 5.21. The molecule has 19 heavy (non-hydrogen) atoms. The average Bonchev–Trinajstić information content (AvgIpc) is 2.69. The number of nitrogens with zero attached hydrogens (tertiary/aromatic N) is 1. The first-order chi connectivity index (χ1) is 8.90. The van der Waals surface area contributed by atoms with Gasteiger partial charge in [0.05, 0.1) is 5.92 Å². The number of hydrogen-bond donors (Lipinski definition) is 2. The van der Waals surface area contributed by atoms with Gasteiger partial charge in [0, 0.05) is 28.3 Å². The molecule has 0 radical (unpaired) electrons. The zero-order valence-electron chi connectivity index (χ0n) is 10.5. The van der Waals surface area contributed by atoms with Gasteiger partial charge in [-0.1, -0.05) is 15.9 Å². The van der Waals surface area contributed by atoms with Crippen LogP contribution >= 0.6 is 15.9 Å². The summed E-state index contributed by atoms with van der Waals surface area (Å²) in [5, 5.41) is 9.08. The highest BCUT2D eigenvalue weighted by Crippen LogP contribution is 2.27. The van der Waals surface area contributed by atoms with Crippen molar-refractivity contribution < 1.29 is 14.7 Å². The lowest BCUT2D eigenvalue weighted by Gasteiger charge is -2.23. The molecule has 2 rings (SSSR count). The number of carboxylic acids is 1. The van der Waals surface area contributed by atoms with E-state index in [2.05, 4.69) is 15.9 Å². The lowest BCUT2D eigenvalue weighted by molar-refractivity contribution is -0.142. The summed E-state index contributed by atoms with van der Waals surface area (Å²) in [6.07, 6.45) is 0.492. The predicted molar refractivity (Wildman–Crippen MR) is 74.8 cm³/mol. The van der Waals surface area contributed by atoms with Crippen LogP contribution in [0.2, 0.25) is 0 Å². The number of carboxylic acid groups (broad SMARTS) is 1. The van der Waals surface area contributed by atoms with E-state index in [4.69, 9.17) is 10.8 Å². The fraction of sp³-hybridized carbons (Fsp3) is 0.385. The number of carbonyl (C=O) groups is 2. The van der Waals surface area contributed by atoms with Gasteiger partial charge < -0.3 is 15.7 Å². The molecule has 2 atom stereocenters. The second-order valence-electron chi connectivity index (χ2n) is 4.75. The molecule has 1 aromatic rings. The molecular formula is C13H15BrN2O3. The Morgan fingerprint density at radius 1 is 1.42 bits per heavy atom. The molecule has 1 fully saturated rings. The van der Waals surface area contributed by atoms with Gasteiger partial charge in [0.1, 0.15) is 0 Å². The molecule has 1 aromatic carbocycles. The van der Waals surface area contributed by atoms with E-state index in [9.17, 15) is 9.59 Å². The van der Waals surface area contributed by atoms with E-state index in [0.717, 1.165) is 4.47 Å². The fourth-order valence-corrected chi connectivity index (χ4v) is 2.97. The van der Waals surface area contributed by atoms with Crippen molar-refractivity contribution in [2.24, 2.45) is 5.92 Å². The first kappa shape index (κ1) is 13.9. The fourth-order valence-electron chi connectivity index (χ4n) is 2.46. The number of nitrogens with two attached hydrogens (primary N) is 1. The number of carbonyl (C=O) groups excluding carboxylic acids is 1. The summed E-state index contributed by atoms with van der Waals surface area (Å²) in [4.78, 5) is 25.0. The molecule has 1 heterocycles. The Balaban J connectivity index is 2.23. The minimum Gasteiger partial charge on any atom is -0.481 e. The maximum Gasteiger partial charge on any atom is 0.308 e. The van der Waals surface area contributed by atoms with Crippen LogP contribution in [0.5, 0.6) is 0 Å². The predicted octanol–water partition coefficient (Wildman–Crippen LogP) is 1.97. The number of anilines is 1. The smallest absolute Gasteiger partial charge is 0.308 e. The van der Waals surface area contributed by atoms with Crippen molar-refractivity contribution in [2.45, 2.75) is 19.4 Å². The molecule has 1 saturated heterocycles. The van der Waals surface area contributed by atoms with Crippen molar-refractivity contribution >= 4 is 33.5 Å². The third kappa shape index (κ3) is 2.73. The quantitative estimate of drug-likeness (QED) is 0.814. The second-order valence-corrected chi connectivity index (χ2v) is 5.66. The van der Waals surface area contributed by atoms with Crippen LogP contribution in [0.3, 0.4) is 0 Å². The number of rotatable bonds is 2.